The molecule has 2 fully saturated rings. The summed E-state index contributed by atoms with van der Waals surface area (Å²) < 4.78 is 0. The van der Waals surface area contributed by atoms with Gasteiger partial charge in [0.25, 0.3) is 5.91 Å². The number of carbonyl (C=O) groups excluding carboxylic acids is 1. The summed E-state index contributed by atoms with van der Waals surface area (Å²) in [6, 6.07) is 18.8. The second-order valence-electron chi connectivity index (χ2n) is 8.13. The van der Waals surface area contributed by atoms with Crippen LogP contribution in [0.25, 0.3) is 10.8 Å². The Morgan fingerprint density at radius 1 is 1.03 bits per heavy atom. The van der Waals surface area contributed by atoms with E-state index in [1.807, 2.05) is 19.1 Å². The summed E-state index contributed by atoms with van der Waals surface area (Å²) in [5, 5.41) is 9.11. The Kier molecular flexibility index (Phi) is 4.47. The summed E-state index contributed by atoms with van der Waals surface area (Å²) in [5.41, 5.74) is 2.37. The minimum atomic E-state index is -0.281. The number of carbonyl (C=O) groups is 1. The third kappa shape index (κ3) is 3.36. The van der Waals surface area contributed by atoms with E-state index in [0.717, 1.165) is 50.4 Å². The van der Waals surface area contributed by atoms with Gasteiger partial charge in [0.1, 0.15) is 11.5 Å². The Morgan fingerprint density at radius 3 is 2.59 bits per heavy atom. The van der Waals surface area contributed by atoms with Crippen LogP contribution in [0.4, 0.5) is 5.82 Å². The minimum absolute atomic E-state index is 0.0788. The maximum absolute atomic E-state index is 13.3. The van der Waals surface area contributed by atoms with E-state index in [-0.39, 0.29) is 11.4 Å². The van der Waals surface area contributed by atoms with Crippen LogP contribution in [-0.4, -0.2) is 37.1 Å². The summed E-state index contributed by atoms with van der Waals surface area (Å²) in [5.74, 6) is 0.808. The van der Waals surface area contributed by atoms with Crippen LogP contribution in [0.5, 0.6) is 0 Å². The Balaban J connectivity index is 1.44. The lowest BCUT2D eigenvalue weighted by Crippen LogP contribution is -2.44. The first-order chi connectivity index (χ1) is 14.2. The van der Waals surface area contributed by atoms with Crippen molar-refractivity contribution in [1.29, 1.82) is 0 Å². The van der Waals surface area contributed by atoms with Gasteiger partial charge in [0.05, 0.1) is 5.54 Å². The van der Waals surface area contributed by atoms with E-state index < -0.39 is 0 Å². The van der Waals surface area contributed by atoms with E-state index in [2.05, 4.69) is 58.0 Å². The van der Waals surface area contributed by atoms with Crippen LogP contribution in [0.3, 0.4) is 0 Å². The first-order valence-electron chi connectivity index (χ1n) is 10.4. The number of nitrogens with zero attached hydrogens (tertiary/aromatic N) is 2. The zero-order valence-electron chi connectivity index (χ0n) is 16.7. The number of piperazine rings is 1. The number of hydrogen-bond donors (Lipinski definition) is 2. The van der Waals surface area contributed by atoms with E-state index >= 15 is 0 Å². The predicted molar refractivity (Wildman–Crippen MR) is 116 cm³/mol. The van der Waals surface area contributed by atoms with Crippen molar-refractivity contribution in [3.63, 3.8) is 0 Å². The highest BCUT2D eigenvalue weighted by Gasteiger charge is 2.47. The topological polar surface area (TPSA) is 57.3 Å². The van der Waals surface area contributed by atoms with Gasteiger partial charge in [-0.25, -0.2) is 4.98 Å². The van der Waals surface area contributed by atoms with Gasteiger partial charge in [-0.3, -0.25) is 4.79 Å². The fourth-order valence-electron chi connectivity index (χ4n) is 4.32. The molecule has 2 aromatic carbocycles. The monoisotopic (exact) mass is 386 g/mol. The van der Waals surface area contributed by atoms with Crippen molar-refractivity contribution in [1.82, 2.24) is 15.6 Å². The molecular formula is C24H26N4O. The van der Waals surface area contributed by atoms with Crippen LogP contribution < -0.4 is 15.5 Å². The smallest absolute Gasteiger partial charge is 0.270 e. The minimum Gasteiger partial charge on any atom is -0.354 e. The normalized spacial score (nSPS) is 17.9. The highest BCUT2D eigenvalue weighted by molar-refractivity contribution is 5.96. The Bertz CT molecular complexity index is 1060. The van der Waals surface area contributed by atoms with Crippen molar-refractivity contribution in [3.05, 3.63) is 71.4 Å². The van der Waals surface area contributed by atoms with Crippen LogP contribution in [0.2, 0.25) is 0 Å². The van der Waals surface area contributed by atoms with Crippen molar-refractivity contribution < 1.29 is 4.79 Å². The van der Waals surface area contributed by atoms with Crippen molar-refractivity contribution >= 4 is 22.5 Å². The van der Waals surface area contributed by atoms with Gasteiger partial charge in [-0.2, -0.15) is 0 Å². The molecule has 0 unspecified atom stereocenters. The van der Waals surface area contributed by atoms with Gasteiger partial charge < -0.3 is 15.5 Å². The third-order valence-corrected chi connectivity index (χ3v) is 6.15. The maximum atomic E-state index is 13.3. The predicted octanol–water partition coefficient (Wildman–Crippen LogP) is 3.37. The lowest BCUT2D eigenvalue weighted by atomic mass is 9.96. The summed E-state index contributed by atoms with van der Waals surface area (Å²) in [4.78, 5) is 20.3. The molecule has 1 amide bonds. The molecule has 0 spiro atoms. The maximum Gasteiger partial charge on any atom is 0.270 e. The molecule has 29 heavy (non-hydrogen) atoms. The van der Waals surface area contributed by atoms with Gasteiger partial charge in [-0.15, -0.1) is 0 Å². The number of pyridine rings is 1. The highest BCUT2D eigenvalue weighted by Crippen LogP contribution is 2.48. The molecule has 2 heterocycles. The van der Waals surface area contributed by atoms with Crippen LogP contribution in [0.1, 0.15) is 34.5 Å². The Hall–Kier alpha value is -2.92. The molecular weight excluding hydrogens is 360 g/mol. The van der Waals surface area contributed by atoms with Crippen LogP contribution in [0.15, 0.2) is 54.6 Å². The number of aryl methyl sites for hydroxylation is 1. The molecule has 5 heteroatoms. The van der Waals surface area contributed by atoms with Gasteiger partial charge in [-0.05, 0) is 47.7 Å². The zero-order chi connectivity index (χ0) is 19.8. The number of fused-ring (bicyclic) bond motifs is 1. The number of amides is 1. The standard InChI is InChI=1S/C24H26N4O/c1-17-9-10-21(28-15-13-25-14-16-28)26-22(17)23(29)27-24(11-12-24)20-8-4-6-18-5-2-3-7-19(18)20/h2-10,25H,11-16H2,1H3,(H,27,29). The molecule has 0 radical (unpaired) electrons. The fourth-order valence-corrected chi connectivity index (χ4v) is 4.32. The summed E-state index contributed by atoms with van der Waals surface area (Å²) >= 11 is 0. The van der Waals surface area contributed by atoms with E-state index in [1.165, 1.54) is 16.3 Å². The van der Waals surface area contributed by atoms with Gasteiger partial charge in [-0.1, -0.05) is 48.5 Å². The lowest BCUT2D eigenvalue weighted by molar-refractivity contribution is 0.0925. The lowest BCUT2D eigenvalue weighted by Gasteiger charge is -2.29. The number of nitrogens with one attached hydrogen (secondary N) is 2. The average Bonchev–Trinajstić information content (AvgIpc) is 3.54. The molecule has 2 N–H and O–H groups in total. The first kappa shape index (κ1) is 18.1. The molecule has 5 rings (SSSR count). The summed E-state index contributed by atoms with van der Waals surface area (Å²) in [7, 11) is 0. The van der Waals surface area contributed by atoms with Crippen molar-refractivity contribution in [2.45, 2.75) is 25.3 Å². The highest BCUT2D eigenvalue weighted by atomic mass is 16.2. The van der Waals surface area contributed by atoms with Crippen LogP contribution in [-0.2, 0) is 5.54 Å². The first-order valence-corrected chi connectivity index (χ1v) is 10.4. The number of rotatable bonds is 4. The van der Waals surface area contributed by atoms with Crippen molar-refractivity contribution in [3.8, 4) is 0 Å². The molecule has 3 aromatic rings. The average molecular weight is 386 g/mol. The molecule has 1 aromatic heterocycles. The van der Waals surface area contributed by atoms with E-state index in [4.69, 9.17) is 4.98 Å². The fraction of sp³-hybridized carbons (Fsp3) is 0.333. The van der Waals surface area contributed by atoms with Crippen molar-refractivity contribution in [2.24, 2.45) is 0 Å². The van der Waals surface area contributed by atoms with Gasteiger partial charge >= 0.3 is 0 Å². The Labute approximate surface area is 171 Å². The summed E-state index contributed by atoms with van der Waals surface area (Å²) in [6.45, 7) is 5.68. The molecule has 1 aliphatic carbocycles. The molecule has 2 aliphatic rings. The SMILES string of the molecule is Cc1ccc(N2CCNCC2)nc1C(=O)NC1(c2cccc3ccccc23)CC1. The second-order valence-corrected chi connectivity index (χ2v) is 8.13. The molecule has 0 bridgehead atoms. The van der Waals surface area contributed by atoms with Crippen molar-refractivity contribution in [2.75, 3.05) is 31.1 Å². The van der Waals surface area contributed by atoms with E-state index in [0.29, 0.717) is 5.69 Å². The molecule has 148 valence electrons. The van der Waals surface area contributed by atoms with E-state index in [9.17, 15) is 4.79 Å². The second kappa shape index (κ2) is 7.16. The quantitative estimate of drug-likeness (QED) is 0.722. The molecule has 0 atom stereocenters. The number of aromatic nitrogens is 1. The third-order valence-electron chi connectivity index (χ3n) is 6.15. The number of hydrogen-bond acceptors (Lipinski definition) is 4. The van der Waals surface area contributed by atoms with Gasteiger partial charge in [0, 0.05) is 26.2 Å². The zero-order valence-corrected chi connectivity index (χ0v) is 16.7. The number of benzene rings is 2. The molecule has 1 saturated heterocycles. The largest absolute Gasteiger partial charge is 0.354 e. The summed E-state index contributed by atoms with van der Waals surface area (Å²) in [6.07, 6.45) is 1.92. The van der Waals surface area contributed by atoms with Gasteiger partial charge in [0.15, 0.2) is 0 Å². The molecule has 5 nitrogen and oxygen atoms in total. The van der Waals surface area contributed by atoms with Crippen LogP contribution in [0, 0.1) is 6.92 Å². The van der Waals surface area contributed by atoms with Crippen LogP contribution >= 0.6 is 0 Å². The van der Waals surface area contributed by atoms with Gasteiger partial charge in [0.2, 0.25) is 0 Å². The molecule has 1 saturated carbocycles. The number of anilines is 1. The molecule has 1 aliphatic heterocycles. The van der Waals surface area contributed by atoms with E-state index in [1.54, 1.807) is 0 Å². The Morgan fingerprint density at radius 2 is 1.79 bits per heavy atom.